The number of benzene rings is 2. The maximum absolute atomic E-state index is 13.3. The minimum atomic E-state index is -0.279. The zero-order chi connectivity index (χ0) is 20.4. The van der Waals surface area contributed by atoms with Gasteiger partial charge in [0, 0.05) is 30.8 Å². The summed E-state index contributed by atoms with van der Waals surface area (Å²) < 4.78 is 15.9. The van der Waals surface area contributed by atoms with Gasteiger partial charge in [0.05, 0.1) is 38.1 Å². The Morgan fingerprint density at radius 3 is 2.83 bits per heavy atom. The van der Waals surface area contributed by atoms with Crippen molar-refractivity contribution in [1.29, 1.82) is 0 Å². The molecule has 2 heterocycles. The van der Waals surface area contributed by atoms with E-state index in [1.54, 1.807) is 17.0 Å². The van der Waals surface area contributed by atoms with Crippen LogP contribution in [0.5, 0.6) is 11.5 Å². The van der Waals surface area contributed by atoms with Gasteiger partial charge < -0.3 is 14.2 Å². The highest BCUT2D eigenvalue weighted by Crippen LogP contribution is 2.40. The van der Waals surface area contributed by atoms with E-state index in [4.69, 9.17) is 9.47 Å². The SMILES string of the molecule is COC(=O)CCCOc1cc2c(cc1OC)C(=O)N1c3ccccc3CC1C=N2. The van der Waals surface area contributed by atoms with Gasteiger partial charge in [-0.3, -0.25) is 19.5 Å². The van der Waals surface area contributed by atoms with Crippen LogP contribution < -0.4 is 14.4 Å². The second-order valence-electron chi connectivity index (χ2n) is 6.90. The van der Waals surface area contributed by atoms with Crippen molar-refractivity contribution in [1.82, 2.24) is 0 Å². The first kappa shape index (κ1) is 19.0. The Morgan fingerprint density at radius 1 is 1.21 bits per heavy atom. The molecule has 0 aromatic heterocycles. The number of esters is 1. The normalized spacial score (nSPS) is 16.6. The first-order chi connectivity index (χ1) is 14.1. The van der Waals surface area contributed by atoms with Crippen LogP contribution in [0.1, 0.15) is 28.8 Å². The number of para-hydroxylation sites is 1. The lowest BCUT2D eigenvalue weighted by atomic mass is 10.1. The molecule has 0 fully saturated rings. The van der Waals surface area contributed by atoms with Gasteiger partial charge in [-0.25, -0.2) is 0 Å². The molecule has 0 N–H and O–H groups in total. The zero-order valence-corrected chi connectivity index (χ0v) is 16.4. The van der Waals surface area contributed by atoms with Crippen LogP contribution in [-0.2, 0) is 16.0 Å². The van der Waals surface area contributed by atoms with Crippen LogP contribution in [0, 0.1) is 0 Å². The highest BCUT2D eigenvalue weighted by molar-refractivity contribution is 6.14. The Morgan fingerprint density at radius 2 is 2.03 bits per heavy atom. The predicted octanol–water partition coefficient (Wildman–Crippen LogP) is 3.31. The van der Waals surface area contributed by atoms with Crippen molar-refractivity contribution in [2.24, 2.45) is 4.99 Å². The Bertz CT molecular complexity index is 985. The maximum Gasteiger partial charge on any atom is 0.305 e. The molecular formula is C22H22N2O5. The summed E-state index contributed by atoms with van der Waals surface area (Å²) in [4.78, 5) is 30.9. The Labute approximate surface area is 168 Å². The number of rotatable bonds is 6. The average Bonchev–Trinajstić information content (AvgIpc) is 3.06. The fraction of sp³-hybridized carbons (Fsp3) is 0.318. The van der Waals surface area contributed by atoms with E-state index in [2.05, 4.69) is 9.73 Å². The van der Waals surface area contributed by atoms with Crippen molar-refractivity contribution in [3.63, 3.8) is 0 Å². The largest absolute Gasteiger partial charge is 0.493 e. The number of anilines is 1. The highest BCUT2D eigenvalue weighted by atomic mass is 16.5. The van der Waals surface area contributed by atoms with E-state index in [0.717, 1.165) is 17.7 Å². The number of carbonyl (C=O) groups excluding carboxylic acids is 2. The van der Waals surface area contributed by atoms with Crippen LogP contribution in [0.4, 0.5) is 11.4 Å². The maximum atomic E-state index is 13.3. The Kier molecular flexibility index (Phi) is 5.20. The van der Waals surface area contributed by atoms with Crippen molar-refractivity contribution in [3.05, 3.63) is 47.5 Å². The standard InChI is InChI=1S/C22H22N2O5/c1-27-19-11-16-17(12-20(19)29-9-5-8-21(25)28-2)23-13-15-10-14-6-3-4-7-18(14)24(15)22(16)26/h3-4,6-7,11-13,15H,5,8-10H2,1-2H3. The zero-order valence-electron chi connectivity index (χ0n) is 16.4. The van der Waals surface area contributed by atoms with Gasteiger partial charge in [0.25, 0.3) is 5.91 Å². The second-order valence-corrected chi connectivity index (χ2v) is 6.90. The van der Waals surface area contributed by atoms with E-state index >= 15 is 0 Å². The Balaban J connectivity index is 1.60. The quantitative estimate of drug-likeness (QED) is 0.555. The Hall–Kier alpha value is -3.35. The minimum Gasteiger partial charge on any atom is -0.493 e. The van der Waals surface area contributed by atoms with Crippen molar-refractivity contribution >= 4 is 29.5 Å². The van der Waals surface area contributed by atoms with E-state index < -0.39 is 0 Å². The number of amides is 1. The summed E-state index contributed by atoms with van der Waals surface area (Å²) in [5.41, 5.74) is 3.08. The average molecular weight is 394 g/mol. The summed E-state index contributed by atoms with van der Waals surface area (Å²) >= 11 is 0. The van der Waals surface area contributed by atoms with Crippen LogP contribution in [0.25, 0.3) is 0 Å². The van der Waals surface area contributed by atoms with Gasteiger partial charge in [-0.15, -0.1) is 0 Å². The molecule has 0 bridgehead atoms. The summed E-state index contributed by atoms with van der Waals surface area (Å²) in [6.07, 6.45) is 3.35. The van der Waals surface area contributed by atoms with Gasteiger partial charge in [-0.2, -0.15) is 0 Å². The summed E-state index contributed by atoms with van der Waals surface area (Å²) in [7, 11) is 2.89. The molecule has 2 aliphatic rings. The molecule has 0 saturated carbocycles. The van der Waals surface area contributed by atoms with Crippen LogP contribution in [-0.4, -0.2) is 45.0 Å². The molecule has 1 atom stereocenters. The van der Waals surface area contributed by atoms with Gasteiger partial charge >= 0.3 is 5.97 Å². The van der Waals surface area contributed by atoms with E-state index in [0.29, 0.717) is 35.8 Å². The van der Waals surface area contributed by atoms with Gasteiger partial charge in [0.2, 0.25) is 0 Å². The lowest BCUT2D eigenvalue weighted by Crippen LogP contribution is -2.37. The number of nitrogens with zero attached hydrogens (tertiary/aromatic N) is 2. The molecule has 2 aromatic rings. The van der Waals surface area contributed by atoms with Gasteiger partial charge in [-0.05, 0) is 24.1 Å². The lowest BCUT2D eigenvalue weighted by Gasteiger charge is -2.22. The van der Waals surface area contributed by atoms with E-state index in [-0.39, 0.29) is 24.3 Å². The smallest absolute Gasteiger partial charge is 0.305 e. The molecule has 7 nitrogen and oxygen atoms in total. The molecule has 1 amide bonds. The molecular weight excluding hydrogens is 372 g/mol. The molecule has 1 unspecified atom stereocenters. The van der Waals surface area contributed by atoms with Gasteiger partial charge in [-0.1, -0.05) is 18.2 Å². The molecule has 2 aromatic carbocycles. The summed E-state index contributed by atoms with van der Waals surface area (Å²) in [6, 6.07) is 11.2. The minimum absolute atomic E-state index is 0.108. The topological polar surface area (TPSA) is 77.4 Å². The van der Waals surface area contributed by atoms with Crippen LogP contribution in [0.2, 0.25) is 0 Å². The van der Waals surface area contributed by atoms with E-state index in [1.807, 2.05) is 30.5 Å². The molecule has 0 spiro atoms. The first-order valence-electron chi connectivity index (χ1n) is 9.49. The number of aliphatic imine (C=N–C) groups is 1. The third-order valence-corrected chi connectivity index (χ3v) is 5.14. The fourth-order valence-corrected chi connectivity index (χ4v) is 3.69. The predicted molar refractivity (Wildman–Crippen MR) is 109 cm³/mol. The molecule has 2 aliphatic heterocycles. The lowest BCUT2D eigenvalue weighted by molar-refractivity contribution is -0.140. The summed E-state index contributed by atoms with van der Waals surface area (Å²) in [5.74, 6) is 0.557. The van der Waals surface area contributed by atoms with Crippen molar-refractivity contribution in [2.75, 3.05) is 25.7 Å². The first-order valence-corrected chi connectivity index (χ1v) is 9.49. The van der Waals surface area contributed by atoms with Gasteiger partial charge in [0.1, 0.15) is 0 Å². The third kappa shape index (κ3) is 3.55. The number of fused-ring (bicyclic) bond motifs is 4. The third-order valence-electron chi connectivity index (χ3n) is 5.14. The van der Waals surface area contributed by atoms with Crippen molar-refractivity contribution < 1.29 is 23.8 Å². The van der Waals surface area contributed by atoms with E-state index in [9.17, 15) is 9.59 Å². The summed E-state index contributed by atoms with van der Waals surface area (Å²) in [5, 5.41) is 0. The summed E-state index contributed by atoms with van der Waals surface area (Å²) in [6.45, 7) is 0.323. The number of hydrogen-bond acceptors (Lipinski definition) is 6. The molecule has 0 saturated heterocycles. The molecule has 0 radical (unpaired) electrons. The van der Waals surface area contributed by atoms with Crippen molar-refractivity contribution in [3.8, 4) is 11.5 Å². The second kappa shape index (κ2) is 7.95. The van der Waals surface area contributed by atoms with Crippen LogP contribution >= 0.6 is 0 Å². The van der Waals surface area contributed by atoms with Gasteiger partial charge in [0.15, 0.2) is 11.5 Å². The number of carbonyl (C=O) groups is 2. The van der Waals surface area contributed by atoms with Crippen LogP contribution in [0.15, 0.2) is 41.4 Å². The fourth-order valence-electron chi connectivity index (χ4n) is 3.69. The molecule has 29 heavy (non-hydrogen) atoms. The monoisotopic (exact) mass is 394 g/mol. The highest BCUT2D eigenvalue weighted by Gasteiger charge is 2.36. The number of ether oxygens (including phenoxy) is 3. The van der Waals surface area contributed by atoms with E-state index in [1.165, 1.54) is 14.2 Å². The van der Waals surface area contributed by atoms with Crippen molar-refractivity contribution in [2.45, 2.75) is 25.3 Å². The number of methoxy groups -OCH3 is 2. The molecule has 0 aliphatic carbocycles. The molecule has 4 rings (SSSR count). The van der Waals surface area contributed by atoms with Crippen LogP contribution in [0.3, 0.4) is 0 Å². The number of hydrogen-bond donors (Lipinski definition) is 0. The molecule has 7 heteroatoms. The molecule has 150 valence electrons.